The van der Waals surface area contributed by atoms with Gasteiger partial charge in [-0.1, -0.05) is 38.0 Å². The highest BCUT2D eigenvalue weighted by Crippen LogP contribution is 2.21. The van der Waals surface area contributed by atoms with Crippen molar-refractivity contribution in [3.05, 3.63) is 40.3 Å². The topological polar surface area (TPSA) is 55.2 Å². The van der Waals surface area contributed by atoms with Crippen molar-refractivity contribution in [2.24, 2.45) is 0 Å². The van der Waals surface area contributed by atoms with E-state index in [0.717, 1.165) is 45.1 Å². The molecule has 5 heteroatoms. The lowest BCUT2D eigenvalue weighted by Crippen LogP contribution is -2.43. The number of carbonyl (C=O) groups excluding carboxylic acids is 1. The summed E-state index contributed by atoms with van der Waals surface area (Å²) < 4.78 is 1.49. The Morgan fingerprint density at radius 2 is 1.96 bits per heavy atom. The molecule has 25 heavy (non-hydrogen) atoms. The fourth-order valence-corrected chi connectivity index (χ4v) is 3.59. The largest absolute Gasteiger partial charge is 0.335 e. The average Bonchev–Trinajstić information content (AvgIpc) is 2.64. The minimum Gasteiger partial charge on any atom is -0.335 e. The van der Waals surface area contributed by atoms with Gasteiger partial charge in [-0.15, -0.1) is 0 Å². The number of hydrogen-bond acceptors (Lipinski definition) is 3. The molecule has 1 aromatic heterocycles. The highest BCUT2D eigenvalue weighted by molar-refractivity contribution is 6.04. The number of likely N-dealkylation sites (tertiary alicyclic amines) is 1. The quantitative estimate of drug-likeness (QED) is 0.781. The second kappa shape index (κ2) is 7.81. The number of carbonyl (C=O) groups is 1. The van der Waals surface area contributed by atoms with Gasteiger partial charge in [0.15, 0.2) is 5.69 Å². The Hall–Kier alpha value is -2.17. The van der Waals surface area contributed by atoms with Crippen molar-refractivity contribution >= 4 is 16.7 Å². The maximum atomic E-state index is 13.2. The Morgan fingerprint density at radius 1 is 1.20 bits per heavy atom. The minimum atomic E-state index is -0.102. The summed E-state index contributed by atoms with van der Waals surface area (Å²) in [5.74, 6) is -0.0485. The Labute approximate surface area is 148 Å². The predicted molar refractivity (Wildman–Crippen MR) is 99.9 cm³/mol. The van der Waals surface area contributed by atoms with Gasteiger partial charge in [-0.3, -0.25) is 9.59 Å². The van der Waals surface area contributed by atoms with Crippen LogP contribution in [-0.2, 0) is 6.54 Å². The van der Waals surface area contributed by atoms with Gasteiger partial charge < -0.3 is 4.90 Å². The smallest absolute Gasteiger partial charge is 0.275 e. The molecule has 0 bridgehead atoms. The Bertz CT molecular complexity index is 812. The van der Waals surface area contributed by atoms with E-state index >= 15 is 0 Å². The lowest BCUT2D eigenvalue weighted by Gasteiger charge is -2.33. The highest BCUT2D eigenvalue weighted by Gasteiger charge is 2.27. The van der Waals surface area contributed by atoms with Crippen molar-refractivity contribution in [3.8, 4) is 0 Å². The lowest BCUT2D eigenvalue weighted by molar-refractivity contribution is 0.0629. The second-order valence-corrected chi connectivity index (χ2v) is 6.97. The number of piperidine rings is 1. The number of hydrogen-bond donors (Lipinski definition) is 0. The van der Waals surface area contributed by atoms with E-state index in [0.29, 0.717) is 23.0 Å². The zero-order valence-electron chi connectivity index (χ0n) is 15.2. The van der Waals surface area contributed by atoms with Gasteiger partial charge in [0, 0.05) is 24.5 Å². The van der Waals surface area contributed by atoms with E-state index in [1.807, 2.05) is 23.1 Å². The van der Waals surface area contributed by atoms with E-state index in [4.69, 9.17) is 0 Å². The molecule has 1 atom stereocenters. The molecule has 2 aromatic rings. The fraction of sp³-hybridized carbons (Fsp3) is 0.550. The highest BCUT2D eigenvalue weighted by atomic mass is 16.2. The number of nitrogens with zero attached hydrogens (tertiary/aromatic N) is 3. The molecule has 1 saturated heterocycles. The number of aromatic nitrogens is 2. The van der Waals surface area contributed by atoms with Gasteiger partial charge in [0.05, 0.1) is 5.39 Å². The predicted octanol–water partition coefficient (Wildman–Crippen LogP) is 3.60. The standard InChI is InChI=1S/C20H27N3O2/c1-3-4-8-14-23-19(24)17-12-6-5-11-16(17)18(21-23)20(25)22-13-9-7-10-15(22)2/h5-6,11-12,15H,3-4,7-10,13-14H2,1-2H3. The van der Waals surface area contributed by atoms with Crippen LogP contribution in [0.1, 0.15) is 62.9 Å². The number of aryl methyl sites for hydroxylation is 1. The molecule has 0 radical (unpaired) electrons. The van der Waals surface area contributed by atoms with Crippen molar-refractivity contribution in [2.45, 2.75) is 65.0 Å². The SMILES string of the molecule is CCCCCn1nc(C(=O)N2CCCCC2C)c2ccccc2c1=O. The van der Waals surface area contributed by atoms with Crippen molar-refractivity contribution in [1.82, 2.24) is 14.7 Å². The molecule has 2 heterocycles. The Morgan fingerprint density at radius 3 is 2.68 bits per heavy atom. The lowest BCUT2D eigenvalue weighted by atomic mass is 10.0. The van der Waals surface area contributed by atoms with E-state index in [9.17, 15) is 9.59 Å². The summed E-state index contributed by atoms with van der Waals surface area (Å²) in [4.78, 5) is 27.8. The van der Waals surface area contributed by atoms with E-state index in [1.54, 1.807) is 6.07 Å². The van der Waals surface area contributed by atoms with Crippen LogP contribution in [0.15, 0.2) is 29.1 Å². The van der Waals surface area contributed by atoms with Crippen LogP contribution in [0.25, 0.3) is 10.8 Å². The van der Waals surface area contributed by atoms with E-state index < -0.39 is 0 Å². The van der Waals surface area contributed by atoms with Gasteiger partial charge in [-0.25, -0.2) is 4.68 Å². The number of benzene rings is 1. The first-order chi connectivity index (χ1) is 12.1. The first kappa shape index (κ1) is 17.6. The zero-order chi connectivity index (χ0) is 17.8. The van der Waals surface area contributed by atoms with Gasteiger partial charge in [-0.2, -0.15) is 5.10 Å². The van der Waals surface area contributed by atoms with Crippen LogP contribution in [0.3, 0.4) is 0 Å². The number of fused-ring (bicyclic) bond motifs is 1. The molecular weight excluding hydrogens is 314 g/mol. The van der Waals surface area contributed by atoms with Crippen LogP contribution >= 0.6 is 0 Å². The summed E-state index contributed by atoms with van der Waals surface area (Å²) in [5.41, 5.74) is 0.315. The molecule has 134 valence electrons. The van der Waals surface area contributed by atoms with Crippen molar-refractivity contribution in [3.63, 3.8) is 0 Å². The molecular formula is C20H27N3O2. The monoisotopic (exact) mass is 341 g/mol. The number of rotatable bonds is 5. The van der Waals surface area contributed by atoms with Gasteiger partial charge in [0.1, 0.15) is 0 Å². The third-order valence-electron chi connectivity index (χ3n) is 5.11. The number of unbranched alkanes of at least 4 members (excludes halogenated alkanes) is 2. The molecule has 1 amide bonds. The summed E-state index contributed by atoms with van der Waals surface area (Å²) in [6, 6.07) is 7.56. The van der Waals surface area contributed by atoms with Crippen molar-refractivity contribution in [1.29, 1.82) is 0 Å². The summed E-state index contributed by atoms with van der Waals surface area (Å²) in [7, 11) is 0. The van der Waals surface area contributed by atoms with Crippen molar-refractivity contribution in [2.75, 3.05) is 6.54 Å². The first-order valence-corrected chi connectivity index (χ1v) is 9.44. The summed E-state index contributed by atoms with van der Waals surface area (Å²) in [5, 5.41) is 5.75. The number of amides is 1. The molecule has 1 aromatic carbocycles. The molecule has 0 spiro atoms. The fourth-order valence-electron chi connectivity index (χ4n) is 3.59. The van der Waals surface area contributed by atoms with Crippen molar-refractivity contribution < 1.29 is 4.79 Å². The van der Waals surface area contributed by atoms with Gasteiger partial charge in [0.2, 0.25) is 0 Å². The van der Waals surface area contributed by atoms with E-state index in [2.05, 4.69) is 18.9 Å². The molecule has 0 N–H and O–H groups in total. The third-order valence-corrected chi connectivity index (χ3v) is 5.11. The zero-order valence-corrected chi connectivity index (χ0v) is 15.2. The van der Waals surface area contributed by atoms with Gasteiger partial charge in [0.25, 0.3) is 11.5 Å². The van der Waals surface area contributed by atoms with Gasteiger partial charge in [-0.05, 0) is 38.7 Å². The van der Waals surface area contributed by atoms with E-state index in [1.165, 1.54) is 4.68 Å². The van der Waals surface area contributed by atoms with Crippen LogP contribution in [0.2, 0.25) is 0 Å². The van der Waals surface area contributed by atoms with Crippen LogP contribution in [0.4, 0.5) is 0 Å². The molecule has 0 aliphatic carbocycles. The Kier molecular flexibility index (Phi) is 5.51. The molecule has 1 aliphatic heterocycles. The second-order valence-electron chi connectivity index (χ2n) is 6.97. The molecule has 0 saturated carbocycles. The summed E-state index contributed by atoms with van der Waals surface area (Å²) in [6.07, 6.45) is 6.25. The average molecular weight is 341 g/mol. The minimum absolute atomic E-state index is 0.0485. The normalized spacial score (nSPS) is 17.8. The maximum Gasteiger partial charge on any atom is 0.275 e. The third kappa shape index (κ3) is 3.60. The van der Waals surface area contributed by atoms with Gasteiger partial charge >= 0.3 is 0 Å². The Balaban J connectivity index is 2.05. The van der Waals surface area contributed by atoms with E-state index in [-0.39, 0.29) is 17.5 Å². The van der Waals surface area contributed by atoms with Crippen LogP contribution < -0.4 is 5.56 Å². The van der Waals surface area contributed by atoms with Crippen LogP contribution in [0.5, 0.6) is 0 Å². The molecule has 1 aliphatic rings. The summed E-state index contributed by atoms with van der Waals surface area (Å²) >= 11 is 0. The molecule has 1 fully saturated rings. The summed E-state index contributed by atoms with van der Waals surface area (Å²) in [6.45, 7) is 5.55. The first-order valence-electron chi connectivity index (χ1n) is 9.44. The molecule has 1 unspecified atom stereocenters. The molecule has 3 rings (SSSR count). The maximum absolute atomic E-state index is 13.2. The van der Waals surface area contributed by atoms with Crippen LogP contribution in [0, 0.1) is 0 Å². The molecule has 5 nitrogen and oxygen atoms in total. The van der Waals surface area contributed by atoms with Crippen LogP contribution in [-0.4, -0.2) is 33.2 Å².